The molecule has 1 amide bonds. The number of likely N-dealkylation sites (tertiary alicyclic amines) is 1. The molecule has 1 aromatic carbocycles. The number of nitrogens with one attached hydrogen (secondary N) is 1. The van der Waals surface area contributed by atoms with E-state index in [1.165, 1.54) is 6.42 Å². The number of rotatable bonds is 5. The molecule has 1 aliphatic carbocycles. The van der Waals surface area contributed by atoms with Gasteiger partial charge in [-0.05, 0) is 38.2 Å². The molecule has 4 fully saturated rings. The van der Waals surface area contributed by atoms with Crippen LogP contribution < -0.4 is 5.32 Å². The number of amides is 1. The number of nitrogens with zero attached hydrogens (tertiary/aromatic N) is 1. The number of fused-ring (bicyclic) bond motifs is 1. The molecular weight excluding hydrogens is 343 g/mol. The van der Waals surface area contributed by atoms with Gasteiger partial charge < -0.3 is 10.1 Å². The van der Waals surface area contributed by atoms with Gasteiger partial charge in [-0.1, -0.05) is 24.6 Å². The zero-order valence-corrected chi connectivity index (χ0v) is 16.0. The zero-order valence-electron chi connectivity index (χ0n) is 16.0. The van der Waals surface area contributed by atoms with Crippen molar-refractivity contribution < 1.29 is 13.9 Å². The van der Waals surface area contributed by atoms with E-state index in [1.807, 2.05) is 25.1 Å². The fraction of sp³-hybridized carbons (Fsp3) is 0.682. The van der Waals surface area contributed by atoms with Crippen molar-refractivity contribution in [2.24, 2.45) is 17.8 Å². The van der Waals surface area contributed by atoms with Crippen LogP contribution >= 0.6 is 0 Å². The maximum atomic E-state index is 14.4. The molecule has 146 valence electrons. The van der Waals surface area contributed by atoms with Crippen LogP contribution in [0.5, 0.6) is 0 Å². The third kappa shape index (κ3) is 2.90. The molecule has 3 heterocycles. The largest absolute Gasteiger partial charge is 0.370 e. The molecule has 1 aromatic rings. The van der Waals surface area contributed by atoms with Gasteiger partial charge in [0.1, 0.15) is 5.82 Å². The summed E-state index contributed by atoms with van der Waals surface area (Å²) in [5, 5.41) is 3.20. The minimum absolute atomic E-state index is 0.0726. The number of hydrogen-bond acceptors (Lipinski definition) is 3. The molecule has 2 bridgehead atoms. The molecular formula is C22H29FN2O2. The molecule has 5 heteroatoms. The van der Waals surface area contributed by atoms with E-state index in [-0.39, 0.29) is 29.3 Å². The van der Waals surface area contributed by atoms with Crippen LogP contribution in [0.2, 0.25) is 0 Å². The highest BCUT2D eigenvalue weighted by atomic mass is 19.1. The minimum Gasteiger partial charge on any atom is -0.370 e. The summed E-state index contributed by atoms with van der Waals surface area (Å²) in [6, 6.07) is 5.65. The summed E-state index contributed by atoms with van der Waals surface area (Å²) in [6.45, 7) is 5.02. The topological polar surface area (TPSA) is 41.6 Å². The summed E-state index contributed by atoms with van der Waals surface area (Å²) < 4.78 is 20.9. The van der Waals surface area contributed by atoms with Crippen molar-refractivity contribution in [3.63, 3.8) is 0 Å². The van der Waals surface area contributed by atoms with Crippen LogP contribution in [-0.2, 0) is 16.1 Å². The number of carbonyl (C=O) groups is 1. The quantitative estimate of drug-likeness (QED) is 0.864. The van der Waals surface area contributed by atoms with Crippen LogP contribution in [0.1, 0.15) is 43.2 Å². The number of carbonyl (C=O) groups excluding carboxylic acids is 1. The molecule has 4 atom stereocenters. The van der Waals surface area contributed by atoms with E-state index in [2.05, 4.69) is 10.2 Å². The standard InChI is InChI=1S/C22H29FN2O2/c1-14-4-2-7-16(20(14)23)11-25-12-18-17(10-24-21(26)15-5-3-6-15)19-8-9-22(18,13-25)27-19/h2,4,7,15,17-19H,3,5-6,8-13H2,1H3,(H,24,26)/t17-,18+,19+,22+/m0/s1. The van der Waals surface area contributed by atoms with Crippen molar-refractivity contribution >= 4 is 5.91 Å². The van der Waals surface area contributed by atoms with Crippen molar-refractivity contribution in [1.29, 1.82) is 0 Å². The van der Waals surface area contributed by atoms with E-state index < -0.39 is 0 Å². The maximum absolute atomic E-state index is 14.4. The van der Waals surface area contributed by atoms with Gasteiger partial charge in [0.05, 0.1) is 11.7 Å². The molecule has 0 unspecified atom stereocenters. The van der Waals surface area contributed by atoms with Gasteiger partial charge in [0, 0.05) is 49.5 Å². The predicted octanol–water partition coefficient (Wildman–Crippen LogP) is 3.03. The average Bonchev–Trinajstić information content (AvgIpc) is 3.23. The van der Waals surface area contributed by atoms with Crippen molar-refractivity contribution in [3.8, 4) is 0 Å². The van der Waals surface area contributed by atoms with Crippen LogP contribution in [0.25, 0.3) is 0 Å². The normalized spacial score (nSPS) is 35.3. The fourth-order valence-electron chi connectivity index (χ4n) is 5.78. The van der Waals surface area contributed by atoms with E-state index in [9.17, 15) is 9.18 Å². The SMILES string of the molecule is Cc1cccc(CN2C[C@@H]3[C@H](CNC(=O)C4CCC4)[C@H]4CC[C@]3(C2)O4)c1F. The monoisotopic (exact) mass is 372 g/mol. The van der Waals surface area contributed by atoms with E-state index in [0.29, 0.717) is 23.9 Å². The zero-order chi connectivity index (χ0) is 18.6. The molecule has 1 N–H and O–H groups in total. The number of benzene rings is 1. The van der Waals surface area contributed by atoms with Crippen LogP contribution in [0.4, 0.5) is 4.39 Å². The van der Waals surface area contributed by atoms with Gasteiger partial charge in [-0.3, -0.25) is 9.69 Å². The molecule has 0 aromatic heterocycles. The van der Waals surface area contributed by atoms with Crippen molar-refractivity contribution in [2.45, 2.75) is 57.3 Å². The van der Waals surface area contributed by atoms with Gasteiger partial charge in [-0.2, -0.15) is 0 Å². The van der Waals surface area contributed by atoms with Crippen LogP contribution in [0.3, 0.4) is 0 Å². The highest BCUT2D eigenvalue weighted by Gasteiger charge is 2.62. The molecule has 1 saturated carbocycles. The van der Waals surface area contributed by atoms with E-state index in [4.69, 9.17) is 4.74 Å². The first-order valence-electron chi connectivity index (χ1n) is 10.5. The lowest BCUT2D eigenvalue weighted by molar-refractivity contribution is -0.127. The summed E-state index contributed by atoms with van der Waals surface area (Å²) in [5.74, 6) is 1.24. The third-order valence-corrected chi connectivity index (χ3v) is 7.51. The smallest absolute Gasteiger partial charge is 0.223 e. The lowest BCUT2D eigenvalue weighted by atomic mass is 9.73. The summed E-state index contributed by atoms with van der Waals surface area (Å²) in [4.78, 5) is 14.6. The molecule has 27 heavy (non-hydrogen) atoms. The Bertz CT molecular complexity index is 750. The first-order valence-corrected chi connectivity index (χ1v) is 10.5. The van der Waals surface area contributed by atoms with Crippen molar-refractivity contribution in [1.82, 2.24) is 10.2 Å². The van der Waals surface area contributed by atoms with Gasteiger partial charge in [-0.25, -0.2) is 4.39 Å². The van der Waals surface area contributed by atoms with Gasteiger partial charge in [-0.15, -0.1) is 0 Å². The average molecular weight is 372 g/mol. The second-order valence-corrected chi connectivity index (χ2v) is 9.12. The van der Waals surface area contributed by atoms with Crippen LogP contribution in [0, 0.1) is 30.5 Å². The Morgan fingerprint density at radius 1 is 1.37 bits per heavy atom. The van der Waals surface area contributed by atoms with Crippen LogP contribution in [-0.4, -0.2) is 42.1 Å². The second kappa shape index (κ2) is 6.56. The number of ether oxygens (including phenoxy) is 1. The summed E-state index contributed by atoms with van der Waals surface area (Å²) >= 11 is 0. The van der Waals surface area contributed by atoms with E-state index in [0.717, 1.165) is 50.9 Å². The van der Waals surface area contributed by atoms with E-state index in [1.54, 1.807) is 0 Å². The van der Waals surface area contributed by atoms with Gasteiger partial charge in [0.2, 0.25) is 5.91 Å². The first-order chi connectivity index (χ1) is 13.1. The number of halogens is 1. The fourth-order valence-corrected chi connectivity index (χ4v) is 5.78. The van der Waals surface area contributed by atoms with E-state index >= 15 is 0 Å². The Balaban J connectivity index is 1.26. The Labute approximate surface area is 160 Å². The molecule has 4 aliphatic rings. The maximum Gasteiger partial charge on any atom is 0.223 e. The molecule has 4 nitrogen and oxygen atoms in total. The minimum atomic E-state index is -0.0819. The van der Waals surface area contributed by atoms with Gasteiger partial charge >= 0.3 is 0 Å². The van der Waals surface area contributed by atoms with Gasteiger partial charge in [0.25, 0.3) is 0 Å². The predicted molar refractivity (Wildman–Crippen MR) is 101 cm³/mol. The van der Waals surface area contributed by atoms with Gasteiger partial charge in [0.15, 0.2) is 0 Å². The lowest BCUT2D eigenvalue weighted by Gasteiger charge is -2.31. The summed E-state index contributed by atoms with van der Waals surface area (Å²) in [6.07, 6.45) is 5.74. The van der Waals surface area contributed by atoms with Crippen LogP contribution in [0.15, 0.2) is 18.2 Å². The second-order valence-electron chi connectivity index (χ2n) is 9.12. The number of aryl methyl sites for hydroxylation is 1. The highest BCUT2D eigenvalue weighted by molar-refractivity contribution is 5.79. The highest BCUT2D eigenvalue weighted by Crippen LogP contribution is 2.54. The summed E-state index contributed by atoms with van der Waals surface area (Å²) in [5.41, 5.74) is 1.41. The molecule has 3 aliphatic heterocycles. The Hall–Kier alpha value is -1.46. The summed E-state index contributed by atoms with van der Waals surface area (Å²) in [7, 11) is 0. The molecule has 3 saturated heterocycles. The Morgan fingerprint density at radius 2 is 2.22 bits per heavy atom. The first kappa shape index (κ1) is 17.6. The Kier molecular flexibility index (Phi) is 4.28. The van der Waals surface area contributed by atoms with Crippen molar-refractivity contribution in [2.75, 3.05) is 19.6 Å². The number of hydrogen-bond donors (Lipinski definition) is 1. The third-order valence-electron chi connectivity index (χ3n) is 7.51. The molecule has 5 rings (SSSR count). The van der Waals surface area contributed by atoms with Crippen molar-refractivity contribution in [3.05, 3.63) is 35.1 Å². The molecule has 0 radical (unpaired) electrons. The lowest BCUT2D eigenvalue weighted by Crippen LogP contribution is -2.44. The molecule has 1 spiro atoms. The Morgan fingerprint density at radius 3 is 3.00 bits per heavy atom.